The maximum atomic E-state index is 12.7. The highest BCUT2D eigenvalue weighted by molar-refractivity contribution is 7.89. The number of nitrogens with zero attached hydrogens (tertiary/aromatic N) is 2. The molecule has 8 nitrogen and oxygen atoms in total. The lowest BCUT2D eigenvalue weighted by Crippen LogP contribution is -2.40. The molecule has 0 atom stereocenters. The van der Waals surface area contributed by atoms with Crippen molar-refractivity contribution in [2.75, 3.05) is 32.9 Å². The number of Topliss-reactive ketones (excluding diaryl/α,β-unsaturated/α-hetero) is 1. The van der Waals surface area contributed by atoms with Crippen LogP contribution in [0.15, 0.2) is 41.3 Å². The molecule has 0 aliphatic carbocycles. The van der Waals surface area contributed by atoms with Crippen molar-refractivity contribution in [2.24, 2.45) is 0 Å². The predicted octanol–water partition coefficient (Wildman–Crippen LogP) is 2.98. The quantitative estimate of drug-likeness (QED) is 0.315. The Balaban J connectivity index is 1.56. The van der Waals surface area contributed by atoms with Gasteiger partial charge in [-0.15, -0.1) is 0 Å². The van der Waals surface area contributed by atoms with Crippen molar-refractivity contribution in [1.82, 2.24) is 8.87 Å². The molecule has 1 saturated heterocycles. The smallest absolute Gasteiger partial charge is 0.331 e. The molecule has 1 aromatic heterocycles. The van der Waals surface area contributed by atoms with E-state index >= 15 is 0 Å². The van der Waals surface area contributed by atoms with Gasteiger partial charge in [0, 0.05) is 42.7 Å². The van der Waals surface area contributed by atoms with Gasteiger partial charge >= 0.3 is 5.97 Å². The zero-order chi connectivity index (χ0) is 24.0. The van der Waals surface area contributed by atoms with Crippen molar-refractivity contribution in [2.45, 2.75) is 38.6 Å². The Labute approximate surface area is 194 Å². The van der Waals surface area contributed by atoms with E-state index in [2.05, 4.69) is 11.5 Å². The first-order valence-electron chi connectivity index (χ1n) is 11.0. The summed E-state index contributed by atoms with van der Waals surface area (Å²) >= 11 is 0. The molecule has 1 fully saturated rings. The van der Waals surface area contributed by atoms with E-state index in [1.807, 2.05) is 19.9 Å². The second-order valence-electron chi connectivity index (χ2n) is 7.89. The Morgan fingerprint density at radius 2 is 1.79 bits per heavy atom. The molecule has 0 spiro atoms. The van der Waals surface area contributed by atoms with Crippen LogP contribution >= 0.6 is 0 Å². The number of benzene rings is 1. The van der Waals surface area contributed by atoms with Gasteiger partial charge in [0.25, 0.3) is 0 Å². The number of carbonyl (C=O) groups is 2. The molecule has 1 aromatic carbocycles. The number of hydrogen-bond donors (Lipinski definition) is 0. The van der Waals surface area contributed by atoms with E-state index in [9.17, 15) is 18.0 Å². The molecule has 9 heteroatoms. The fourth-order valence-corrected chi connectivity index (χ4v) is 5.17. The number of ether oxygens (including phenoxy) is 2. The van der Waals surface area contributed by atoms with Crippen LogP contribution in [0.3, 0.4) is 0 Å². The maximum absolute atomic E-state index is 12.7. The first-order chi connectivity index (χ1) is 15.7. The van der Waals surface area contributed by atoms with E-state index in [4.69, 9.17) is 9.47 Å². The average molecular weight is 475 g/mol. The number of esters is 1. The number of ketones is 1. The number of aromatic nitrogens is 1. The lowest BCUT2D eigenvalue weighted by Gasteiger charge is -2.26. The van der Waals surface area contributed by atoms with Crippen LogP contribution in [-0.4, -0.2) is 62.0 Å². The third kappa shape index (κ3) is 5.98. The molecule has 2 aromatic rings. The third-order valence-electron chi connectivity index (χ3n) is 5.57. The molecule has 178 valence electrons. The summed E-state index contributed by atoms with van der Waals surface area (Å²) in [6, 6.07) is 8.07. The molecular formula is C24H30N2O6S. The summed E-state index contributed by atoms with van der Waals surface area (Å²) in [5, 5.41) is 0. The minimum absolute atomic E-state index is 0.190. The topological polar surface area (TPSA) is 94.9 Å². The fourth-order valence-electron chi connectivity index (χ4n) is 3.76. The highest BCUT2D eigenvalue weighted by Gasteiger charge is 2.26. The number of aryl methyl sites for hydroxylation is 1. The van der Waals surface area contributed by atoms with Crippen molar-refractivity contribution in [3.05, 3.63) is 58.9 Å². The third-order valence-corrected chi connectivity index (χ3v) is 7.48. The first-order valence-corrected chi connectivity index (χ1v) is 12.4. The van der Waals surface area contributed by atoms with Gasteiger partial charge in [0.05, 0.1) is 18.1 Å². The Morgan fingerprint density at radius 3 is 2.42 bits per heavy atom. The summed E-state index contributed by atoms with van der Waals surface area (Å²) in [7, 11) is -3.56. The monoisotopic (exact) mass is 474 g/mol. The highest BCUT2D eigenvalue weighted by Crippen LogP contribution is 2.19. The molecule has 33 heavy (non-hydrogen) atoms. The summed E-state index contributed by atoms with van der Waals surface area (Å²) in [5.41, 5.74) is 3.08. The van der Waals surface area contributed by atoms with Gasteiger partial charge in [0.15, 0.2) is 6.61 Å². The molecular weight excluding hydrogens is 444 g/mol. The van der Waals surface area contributed by atoms with E-state index in [1.165, 1.54) is 28.6 Å². The number of morpholine rings is 1. The first kappa shape index (κ1) is 24.9. The minimum atomic E-state index is -3.56. The van der Waals surface area contributed by atoms with Gasteiger partial charge in [0.2, 0.25) is 15.8 Å². The van der Waals surface area contributed by atoms with Crippen LogP contribution in [0, 0.1) is 13.8 Å². The van der Waals surface area contributed by atoms with E-state index in [-0.39, 0.29) is 17.3 Å². The Kier molecular flexibility index (Phi) is 8.23. The number of rotatable bonds is 9. The van der Waals surface area contributed by atoms with Crippen LogP contribution in [0.5, 0.6) is 0 Å². The maximum Gasteiger partial charge on any atom is 0.331 e. The second kappa shape index (κ2) is 10.9. The molecule has 1 aliphatic heterocycles. The Hall–Kier alpha value is -2.75. The van der Waals surface area contributed by atoms with E-state index in [0.29, 0.717) is 37.4 Å². The Morgan fingerprint density at radius 1 is 1.12 bits per heavy atom. The molecule has 3 rings (SSSR count). The summed E-state index contributed by atoms with van der Waals surface area (Å²) in [6.45, 7) is 7.84. The van der Waals surface area contributed by atoms with Crippen molar-refractivity contribution < 1.29 is 27.5 Å². The predicted molar refractivity (Wildman–Crippen MR) is 125 cm³/mol. The van der Waals surface area contributed by atoms with Crippen LogP contribution in [0.25, 0.3) is 6.08 Å². The zero-order valence-electron chi connectivity index (χ0n) is 19.2. The summed E-state index contributed by atoms with van der Waals surface area (Å²) < 4.78 is 39.1. The zero-order valence-corrected chi connectivity index (χ0v) is 20.1. The van der Waals surface area contributed by atoms with Crippen LogP contribution < -0.4 is 0 Å². The van der Waals surface area contributed by atoms with Crippen LogP contribution in [0.2, 0.25) is 0 Å². The molecule has 0 saturated carbocycles. The average Bonchev–Trinajstić information content (AvgIpc) is 3.10. The summed E-state index contributed by atoms with van der Waals surface area (Å²) in [5.74, 6) is -0.888. The fraction of sp³-hybridized carbons (Fsp3) is 0.417. The normalized spacial score (nSPS) is 15.1. The summed E-state index contributed by atoms with van der Waals surface area (Å²) in [6.07, 6.45) is 3.70. The van der Waals surface area contributed by atoms with E-state index in [0.717, 1.165) is 24.4 Å². The van der Waals surface area contributed by atoms with Gasteiger partial charge in [-0.05, 0) is 50.1 Å². The lowest BCUT2D eigenvalue weighted by atomic mass is 10.1. The van der Waals surface area contributed by atoms with Gasteiger partial charge < -0.3 is 14.0 Å². The highest BCUT2D eigenvalue weighted by atomic mass is 32.2. The number of carbonyl (C=O) groups excluding carboxylic acids is 2. The molecule has 0 bridgehead atoms. The molecule has 2 heterocycles. The second-order valence-corrected chi connectivity index (χ2v) is 9.82. The van der Waals surface area contributed by atoms with Crippen molar-refractivity contribution in [3.63, 3.8) is 0 Å². The number of sulfonamides is 1. The van der Waals surface area contributed by atoms with Gasteiger partial charge in [0.1, 0.15) is 0 Å². The van der Waals surface area contributed by atoms with E-state index < -0.39 is 16.0 Å². The van der Waals surface area contributed by atoms with Gasteiger partial charge in [-0.25, -0.2) is 13.2 Å². The van der Waals surface area contributed by atoms with Gasteiger partial charge in [-0.2, -0.15) is 4.31 Å². The standard InChI is InChI=1S/C24H30N2O6S/c1-4-11-26-18(2)16-22(19(26)3)23(27)17-32-24(28)10-7-20-5-8-21(9-6-20)33(29,30)25-12-14-31-15-13-25/h5-10,16H,4,11-15,17H2,1-3H3/b10-7+. The van der Waals surface area contributed by atoms with E-state index in [1.54, 1.807) is 12.1 Å². The summed E-state index contributed by atoms with van der Waals surface area (Å²) in [4.78, 5) is 24.7. The van der Waals surface area contributed by atoms with Crippen LogP contribution in [0.4, 0.5) is 0 Å². The largest absolute Gasteiger partial charge is 0.454 e. The van der Waals surface area contributed by atoms with Gasteiger partial charge in [-0.1, -0.05) is 19.1 Å². The SMILES string of the molecule is CCCn1c(C)cc(C(=O)COC(=O)/C=C/c2ccc(S(=O)(=O)N3CCOCC3)cc2)c1C. The molecule has 0 N–H and O–H groups in total. The van der Waals surface area contributed by atoms with Crippen LogP contribution in [0.1, 0.15) is 40.7 Å². The lowest BCUT2D eigenvalue weighted by molar-refractivity contribution is -0.136. The molecule has 0 amide bonds. The van der Waals surface area contributed by atoms with Crippen molar-refractivity contribution in [1.29, 1.82) is 0 Å². The Bertz CT molecular complexity index is 1130. The van der Waals surface area contributed by atoms with Crippen molar-refractivity contribution in [3.8, 4) is 0 Å². The number of hydrogen-bond acceptors (Lipinski definition) is 6. The molecule has 0 unspecified atom stereocenters. The molecule has 1 aliphatic rings. The van der Waals surface area contributed by atoms with Crippen molar-refractivity contribution >= 4 is 27.9 Å². The van der Waals surface area contributed by atoms with Crippen LogP contribution in [-0.2, 0) is 30.8 Å². The molecule has 0 radical (unpaired) electrons. The van der Waals surface area contributed by atoms with Gasteiger partial charge in [-0.3, -0.25) is 4.79 Å². The minimum Gasteiger partial charge on any atom is -0.454 e.